The monoisotopic (exact) mass is 530 g/mol. The highest BCUT2D eigenvalue weighted by Crippen LogP contribution is 2.37. The van der Waals surface area contributed by atoms with E-state index in [0.717, 1.165) is 6.07 Å². The molecule has 0 spiro atoms. The number of aromatic nitrogens is 2. The van der Waals surface area contributed by atoms with Crippen LogP contribution < -0.4 is 15.2 Å². The van der Waals surface area contributed by atoms with E-state index >= 15 is 0 Å². The summed E-state index contributed by atoms with van der Waals surface area (Å²) in [5.74, 6) is -0.511. The van der Waals surface area contributed by atoms with Crippen molar-refractivity contribution in [1.29, 1.82) is 0 Å². The lowest BCUT2D eigenvalue weighted by atomic mass is 10.0. The molecule has 2 N–H and O–H groups in total. The number of amides is 1. The number of carbonyl (C=O) groups excluding carboxylic acids is 2. The van der Waals surface area contributed by atoms with Crippen molar-refractivity contribution in [2.45, 2.75) is 45.9 Å². The molecule has 11 nitrogen and oxygen atoms in total. The molecule has 0 saturated carbocycles. The van der Waals surface area contributed by atoms with Gasteiger partial charge in [-0.2, -0.15) is 0 Å². The summed E-state index contributed by atoms with van der Waals surface area (Å²) >= 11 is 0. The molecule has 3 rings (SSSR count). The molecule has 0 aliphatic heterocycles. The van der Waals surface area contributed by atoms with Crippen molar-refractivity contribution in [1.82, 2.24) is 15.0 Å². The van der Waals surface area contributed by atoms with Crippen LogP contribution in [0.5, 0.6) is 11.6 Å². The third kappa shape index (κ3) is 6.50. The minimum atomic E-state index is -0.804. The second-order valence-electron chi connectivity index (χ2n) is 9.42. The third-order valence-corrected chi connectivity index (χ3v) is 5.34. The van der Waals surface area contributed by atoms with E-state index in [1.807, 2.05) is 0 Å². The Bertz CT molecular complexity index is 1320. The van der Waals surface area contributed by atoms with Crippen molar-refractivity contribution < 1.29 is 37.5 Å². The summed E-state index contributed by atoms with van der Waals surface area (Å²) in [6.45, 7) is 6.95. The topological polar surface area (TPSA) is 139 Å². The first-order chi connectivity index (χ1) is 17.8. The molecule has 1 amide bonds. The van der Waals surface area contributed by atoms with E-state index in [1.54, 1.807) is 40.8 Å². The van der Waals surface area contributed by atoms with Gasteiger partial charge in [-0.25, -0.2) is 19.0 Å². The van der Waals surface area contributed by atoms with Gasteiger partial charge in [0.25, 0.3) is 5.88 Å². The predicted molar refractivity (Wildman–Crippen MR) is 135 cm³/mol. The Labute approximate surface area is 219 Å². The summed E-state index contributed by atoms with van der Waals surface area (Å²) < 4.78 is 41.0. The molecule has 3 aromatic rings. The van der Waals surface area contributed by atoms with Crippen LogP contribution in [0.4, 0.5) is 15.0 Å². The van der Waals surface area contributed by atoms with Crippen LogP contribution in [-0.2, 0) is 16.0 Å². The average molecular weight is 531 g/mol. The van der Waals surface area contributed by atoms with Crippen LogP contribution >= 0.6 is 0 Å². The fourth-order valence-corrected chi connectivity index (χ4v) is 3.56. The summed E-state index contributed by atoms with van der Waals surface area (Å²) in [5, 5.41) is 3.94. The highest BCUT2D eigenvalue weighted by Gasteiger charge is 2.26. The van der Waals surface area contributed by atoms with Gasteiger partial charge < -0.3 is 34.1 Å². The number of ether oxygens (including phenoxy) is 4. The zero-order chi connectivity index (χ0) is 28.2. The molecule has 1 aromatic carbocycles. The first-order valence-electron chi connectivity index (χ1n) is 11.6. The Morgan fingerprint density at radius 2 is 1.92 bits per heavy atom. The van der Waals surface area contributed by atoms with Crippen molar-refractivity contribution in [3.8, 4) is 22.8 Å². The van der Waals surface area contributed by atoms with Crippen LogP contribution in [0, 0.1) is 5.82 Å². The van der Waals surface area contributed by atoms with Gasteiger partial charge in [0.05, 0.1) is 31.9 Å². The number of anilines is 1. The second-order valence-corrected chi connectivity index (χ2v) is 9.42. The molecule has 0 aliphatic rings. The molecule has 2 aromatic heterocycles. The molecular formula is C26H31FN4O7. The van der Waals surface area contributed by atoms with Crippen LogP contribution in [0.15, 0.2) is 35.0 Å². The fraction of sp³-hybridized carbons (Fsp3) is 0.385. The van der Waals surface area contributed by atoms with Gasteiger partial charge in [-0.05, 0) is 57.1 Å². The molecule has 0 unspecified atom stereocenters. The van der Waals surface area contributed by atoms with Crippen molar-refractivity contribution in [3.63, 3.8) is 0 Å². The summed E-state index contributed by atoms with van der Waals surface area (Å²) in [6.07, 6.45) is 0.117. The van der Waals surface area contributed by atoms with Gasteiger partial charge >= 0.3 is 12.1 Å². The Morgan fingerprint density at radius 3 is 2.55 bits per heavy atom. The maximum absolute atomic E-state index is 14.0. The Kier molecular flexibility index (Phi) is 8.44. The Hall–Kier alpha value is -4.35. The lowest BCUT2D eigenvalue weighted by molar-refractivity contribution is 0.0271. The largest absolute Gasteiger partial charge is 0.482 e. The van der Waals surface area contributed by atoms with E-state index in [9.17, 15) is 14.0 Å². The van der Waals surface area contributed by atoms with Crippen LogP contribution in [0.25, 0.3) is 11.1 Å². The van der Waals surface area contributed by atoms with Crippen LogP contribution in [0.1, 0.15) is 55.5 Å². The van der Waals surface area contributed by atoms with Gasteiger partial charge in [0.2, 0.25) is 0 Å². The number of esters is 1. The van der Waals surface area contributed by atoms with E-state index in [-0.39, 0.29) is 35.1 Å². The molecule has 12 heteroatoms. The number of benzene rings is 1. The summed E-state index contributed by atoms with van der Waals surface area (Å²) in [4.78, 5) is 30.2. The number of rotatable bonds is 8. The quantitative estimate of drug-likeness (QED) is 0.405. The highest BCUT2D eigenvalue weighted by molar-refractivity contribution is 5.91. The number of nitrogen functional groups attached to an aromatic ring is 1. The van der Waals surface area contributed by atoms with Gasteiger partial charge in [0, 0.05) is 24.4 Å². The molecule has 204 valence electrons. The van der Waals surface area contributed by atoms with Crippen LogP contribution in [-0.4, -0.2) is 54.0 Å². The number of methoxy groups -OCH3 is 2. The van der Waals surface area contributed by atoms with E-state index in [2.05, 4.69) is 10.1 Å². The lowest BCUT2D eigenvalue weighted by Gasteiger charge is -2.24. The van der Waals surface area contributed by atoms with Crippen molar-refractivity contribution >= 4 is 17.9 Å². The summed E-state index contributed by atoms with van der Waals surface area (Å²) in [7, 11) is 4.21. The van der Waals surface area contributed by atoms with Gasteiger partial charge in [0.1, 0.15) is 17.5 Å². The number of hydrogen-bond acceptors (Lipinski definition) is 10. The summed E-state index contributed by atoms with van der Waals surface area (Å²) in [6, 6.07) is 5.26. The average Bonchev–Trinajstić information content (AvgIpc) is 3.26. The highest BCUT2D eigenvalue weighted by atomic mass is 19.1. The van der Waals surface area contributed by atoms with Crippen LogP contribution in [0.2, 0.25) is 0 Å². The second kappa shape index (κ2) is 11.4. The zero-order valence-corrected chi connectivity index (χ0v) is 22.3. The maximum atomic E-state index is 14.0. The normalized spacial score (nSPS) is 12.0. The van der Waals surface area contributed by atoms with E-state index in [1.165, 1.54) is 37.4 Å². The SMILES string of the molecule is COC(=O)c1ccc(F)cc1[C@@H](C)Oc1cc(-c2c(OC)noc2CN(C)C(=O)OC(C)(C)C)cnc1N. The van der Waals surface area contributed by atoms with Crippen molar-refractivity contribution in [2.24, 2.45) is 0 Å². The fourth-order valence-electron chi connectivity index (χ4n) is 3.56. The molecule has 0 radical (unpaired) electrons. The number of hydrogen-bond donors (Lipinski definition) is 1. The molecule has 0 bridgehead atoms. The minimum absolute atomic E-state index is 0.0172. The van der Waals surface area contributed by atoms with E-state index < -0.39 is 29.6 Å². The van der Waals surface area contributed by atoms with Crippen molar-refractivity contribution in [2.75, 3.05) is 27.0 Å². The van der Waals surface area contributed by atoms with E-state index in [0.29, 0.717) is 16.9 Å². The molecule has 0 saturated heterocycles. The molecular weight excluding hydrogens is 499 g/mol. The van der Waals surface area contributed by atoms with Gasteiger partial charge in [-0.1, -0.05) is 0 Å². The number of halogens is 1. The van der Waals surface area contributed by atoms with Gasteiger partial charge in [-0.3, -0.25) is 0 Å². The number of pyridine rings is 1. The van der Waals surface area contributed by atoms with E-state index in [4.69, 9.17) is 29.2 Å². The molecule has 38 heavy (non-hydrogen) atoms. The Balaban J connectivity index is 1.94. The zero-order valence-electron chi connectivity index (χ0n) is 22.3. The first kappa shape index (κ1) is 28.2. The smallest absolute Gasteiger partial charge is 0.410 e. The number of nitrogens with two attached hydrogens (primary N) is 1. The van der Waals surface area contributed by atoms with Gasteiger partial charge in [0.15, 0.2) is 17.3 Å². The number of nitrogens with zero attached hydrogens (tertiary/aromatic N) is 3. The van der Waals surface area contributed by atoms with Gasteiger partial charge in [-0.15, -0.1) is 0 Å². The molecule has 0 aliphatic carbocycles. The third-order valence-electron chi connectivity index (χ3n) is 5.34. The first-order valence-corrected chi connectivity index (χ1v) is 11.6. The summed E-state index contributed by atoms with van der Waals surface area (Å²) in [5.41, 5.74) is 6.71. The van der Waals surface area contributed by atoms with Crippen LogP contribution in [0.3, 0.4) is 0 Å². The predicted octanol–water partition coefficient (Wildman–Crippen LogP) is 4.76. The number of carbonyl (C=O) groups is 2. The maximum Gasteiger partial charge on any atom is 0.410 e. The molecule has 1 atom stereocenters. The standard InChI is InChI=1S/C26H31FN4O7/c1-14(18-11-16(27)8-9-17(18)24(32)35-7)36-19-10-15(12-29-22(19)28)21-20(38-30-23(21)34-6)13-31(5)25(33)37-26(2,3)4/h8-12,14H,13H2,1-7H3,(H2,28,29)/t14-/m1/s1. The molecule has 2 heterocycles. The van der Waals surface area contributed by atoms with Crippen molar-refractivity contribution in [3.05, 3.63) is 53.2 Å². The lowest BCUT2D eigenvalue weighted by Crippen LogP contribution is -2.33. The Morgan fingerprint density at radius 1 is 1.21 bits per heavy atom. The molecule has 0 fully saturated rings. The minimum Gasteiger partial charge on any atom is -0.482 e.